The zero-order valence-corrected chi connectivity index (χ0v) is 14.7. The Balaban J connectivity index is 2.22. The molecule has 0 radical (unpaired) electrons. The van der Waals surface area contributed by atoms with Crippen molar-refractivity contribution in [1.82, 2.24) is 4.90 Å². The first-order valence-corrected chi connectivity index (χ1v) is 8.61. The molecule has 1 heterocycles. The van der Waals surface area contributed by atoms with E-state index in [1.165, 1.54) is 38.5 Å². The normalized spacial score (nSPS) is 22.3. The van der Waals surface area contributed by atoms with E-state index in [0.29, 0.717) is 17.5 Å². The van der Waals surface area contributed by atoms with Crippen LogP contribution in [0.4, 0.5) is 0 Å². The number of hydrogen-bond donors (Lipinski definition) is 1. The van der Waals surface area contributed by atoms with Crippen molar-refractivity contribution in [3.05, 3.63) is 0 Å². The Morgan fingerprint density at radius 1 is 1.00 bits per heavy atom. The van der Waals surface area contributed by atoms with Gasteiger partial charge in [0.15, 0.2) is 0 Å². The lowest BCUT2D eigenvalue weighted by Gasteiger charge is -2.54. The quantitative estimate of drug-likeness (QED) is 0.660. The number of rotatable bonds is 8. The van der Waals surface area contributed by atoms with Gasteiger partial charge in [0, 0.05) is 17.5 Å². The van der Waals surface area contributed by atoms with E-state index >= 15 is 0 Å². The molecule has 3 nitrogen and oxygen atoms in total. The van der Waals surface area contributed by atoms with Gasteiger partial charge in [-0.25, -0.2) is 0 Å². The largest absolute Gasteiger partial charge is 0.481 e. The van der Waals surface area contributed by atoms with Gasteiger partial charge in [-0.3, -0.25) is 9.69 Å². The van der Waals surface area contributed by atoms with Crippen LogP contribution in [-0.2, 0) is 4.79 Å². The second-order valence-corrected chi connectivity index (χ2v) is 8.16. The molecule has 0 aromatic heterocycles. The van der Waals surface area contributed by atoms with Gasteiger partial charge in [0.1, 0.15) is 0 Å². The number of piperidine rings is 1. The third kappa shape index (κ3) is 5.98. The molecule has 3 heteroatoms. The van der Waals surface area contributed by atoms with Gasteiger partial charge in [-0.05, 0) is 59.9 Å². The van der Waals surface area contributed by atoms with E-state index in [4.69, 9.17) is 5.11 Å². The molecule has 0 spiro atoms. The third-order valence-electron chi connectivity index (χ3n) is 5.40. The van der Waals surface area contributed by atoms with Crippen LogP contribution in [0.2, 0.25) is 0 Å². The fraction of sp³-hybridized carbons (Fsp3) is 0.944. The number of carbonyl (C=O) groups is 1. The number of aliphatic carboxylic acids is 1. The van der Waals surface area contributed by atoms with E-state index < -0.39 is 5.97 Å². The van der Waals surface area contributed by atoms with Gasteiger partial charge in [-0.2, -0.15) is 0 Å². The minimum Gasteiger partial charge on any atom is -0.481 e. The summed E-state index contributed by atoms with van der Waals surface area (Å²) in [5.41, 5.74) is 0.599. The van der Waals surface area contributed by atoms with Crippen LogP contribution in [0.5, 0.6) is 0 Å². The van der Waals surface area contributed by atoms with Crippen LogP contribution in [0.3, 0.4) is 0 Å². The number of unbranched alkanes of at least 4 members (excludes halogenated alkanes) is 4. The highest BCUT2D eigenvalue weighted by molar-refractivity contribution is 5.66. The van der Waals surface area contributed by atoms with Crippen LogP contribution in [0, 0.1) is 5.92 Å². The van der Waals surface area contributed by atoms with E-state index in [2.05, 4.69) is 39.6 Å². The van der Waals surface area contributed by atoms with Crippen molar-refractivity contribution < 1.29 is 9.90 Å². The van der Waals surface area contributed by atoms with E-state index in [0.717, 1.165) is 18.8 Å². The lowest BCUT2D eigenvalue weighted by atomic mass is 9.72. The Labute approximate surface area is 131 Å². The Morgan fingerprint density at radius 2 is 1.48 bits per heavy atom. The maximum Gasteiger partial charge on any atom is 0.303 e. The molecule has 0 saturated carbocycles. The maximum atomic E-state index is 10.4. The zero-order chi connectivity index (χ0) is 16.1. The van der Waals surface area contributed by atoms with Crippen molar-refractivity contribution in [2.45, 2.75) is 96.6 Å². The Bertz CT molecular complexity index is 318. The molecule has 1 aliphatic heterocycles. The molecule has 0 unspecified atom stereocenters. The molecule has 124 valence electrons. The van der Waals surface area contributed by atoms with Gasteiger partial charge in [-0.1, -0.05) is 32.1 Å². The van der Waals surface area contributed by atoms with Crippen LogP contribution >= 0.6 is 0 Å². The van der Waals surface area contributed by atoms with E-state index in [1.54, 1.807) is 0 Å². The summed E-state index contributed by atoms with van der Waals surface area (Å²) in [5, 5.41) is 8.60. The number of likely N-dealkylation sites (tertiary alicyclic amines) is 1. The summed E-state index contributed by atoms with van der Waals surface area (Å²) in [6, 6.07) is 0. The fourth-order valence-corrected chi connectivity index (χ4v) is 4.02. The molecule has 1 saturated heterocycles. The van der Waals surface area contributed by atoms with Crippen molar-refractivity contribution in [2.75, 3.05) is 7.05 Å². The Hall–Kier alpha value is -0.570. The summed E-state index contributed by atoms with van der Waals surface area (Å²) in [6.45, 7) is 9.47. The topological polar surface area (TPSA) is 40.5 Å². The third-order valence-corrected chi connectivity index (χ3v) is 5.40. The lowest BCUT2D eigenvalue weighted by Crippen LogP contribution is -2.58. The molecular weight excluding hydrogens is 262 g/mol. The van der Waals surface area contributed by atoms with Gasteiger partial charge < -0.3 is 5.11 Å². The number of nitrogens with zero attached hydrogens (tertiary/aromatic N) is 1. The summed E-state index contributed by atoms with van der Waals surface area (Å²) in [4.78, 5) is 13.0. The SMILES string of the molecule is CN1C(C)(C)CC(CCCCCCCC(=O)O)CC1(C)C. The molecule has 0 bridgehead atoms. The smallest absolute Gasteiger partial charge is 0.303 e. The Morgan fingerprint density at radius 3 is 2.00 bits per heavy atom. The first-order chi connectivity index (χ1) is 9.65. The molecule has 0 atom stereocenters. The molecule has 1 rings (SSSR count). The minimum absolute atomic E-state index is 0.300. The molecule has 0 aliphatic carbocycles. The van der Waals surface area contributed by atoms with Gasteiger partial charge in [-0.15, -0.1) is 0 Å². The van der Waals surface area contributed by atoms with Crippen molar-refractivity contribution in [2.24, 2.45) is 5.92 Å². The van der Waals surface area contributed by atoms with Gasteiger partial charge in [0.05, 0.1) is 0 Å². The molecule has 0 aromatic carbocycles. The van der Waals surface area contributed by atoms with Crippen molar-refractivity contribution >= 4 is 5.97 Å². The zero-order valence-electron chi connectivity index (χ0n) is 14.7. The maximum absolute atomic E-state index is 10.4. The summed E-state index contributed by atoms with van der Waals surface area (Å²) < 4.78 is 0. The highest BCUT2D eigenvalue weighted by atomic mass is 16.4. The predicted molar refractivity (Wildman–Crippen MR) is 88.6 cm³/mol. The lowest BCUT2D eigenvalue weighted by molar-refractivity contribution is -0.137. The number of carboxylic acid groups (broad SMARTS) is 1. The van der Waals surface area contributed by atoms with Crippen molar-refractivity contribution in [3.63, 3.8) is 0 Å². The Kier molecular flexibility index (Phi) is 6.71. The summed E-state index contributed by atoms with van der Waals surface area (Å²) in [7, 11) is 2.26. The van der Waals surface area contributed by atoms with Gasteiger partial charge >= 0.3 is 5.97 Å². The molecule has 0 amide bonds. The van der Waals surface area contributed by atoms with E-state index in [1.807, 2.05) is 0 Å². The molecular formula is C18H35NO2. The minimum atomic E-state index is -0.661. The molecule has 1 fully saturated rings. The average Bonchev–Trinajstić information content (AvgIpc) is 2.33. The molecule has 1 aliphatic rings. The van der Waals surface area contributed by atoms with Gasteiger partial charge in [0.25, 0.3) is 0 Å². The van der Waals surface area contributed by atoms with Crippen LogP contribution in [0.15, 0.2) is 0 Å². The highest BCUT2D eigenvalue weighted by Crippen LogP contribution is 2.41. The van der Waals surface area contributed by atoms with Crippen LogP contribution in [0.1, 0.15) is 85.5 Å². The highest BCUT2D eigenvalue weighted by Gasteiger charge is 2.42. The number of hydrogen-bond acceptors (Lipinski definition) is 2. The van der Waals surface area contributed by atoms with Gasteiger partial charge in [0.2, 0.25) is 0 Å². The monoisotopic (exact) mass is 297 g/mol. The van der Waals surface area contributed by atoms with Crippen molar-refractivity contribution in [3.8, 4) is 0 Å². The first kappa shape index (κ1) is 18.5. The summed E-state index contributed by atoms with van der Waals surface area (Å²) >= 11 is 0. The van der Waals surface area contributed by atoms with Crippen molar-refractivity contribution in [1.29, 1.82) is 0 Å². The molecule has 0 aromatic rings. The molecule has 21 heavy (non-hydrogen) atoms. The molecule has 1 N–H and O–H groups in total. The van der Waals surface area contributed by atoms with Crippen LogP contribution in [-0.4, -0.2) is 34.1 Å². The second kappa shape index (κ2) is 7.62. The standard InChI is InChI=1S/C18H35NO2/c1-17(2)13-15(14-18(3,4)19(17)5)11-9-7-6-8-10-12-16(20)21/h15H,6-14H2,1-5H3,(H,20,21). The van der Waals surface area contributed by atoms with Crippen LogP contribution < -0.4 is 0 Å². The van der Waals surface area contributed by atoms with Crippen LogP contribution in [0.25, 0.3) is 0 Å². The average molecular weight is 297 g/mol. The first-order valence-electron chi connectivity index (χ1n) is 8.61. The summed E-state index contributed by atoms with van der Waals surface area (Å²) in [6.07, 6.45) is 9.91. The second-order valence-electron chi connectivity index (χ2n) is 8.16. The van der Waals surface area contributed by atoms with E-state index in [-0.39, 0.29) is 0 Å². The predicted octanol–water partition coefficient (Wildman–Crippen LogP) is 4.70. The van der Waals surface area contributed by atoms with E-state index in [9.17, 15) is 4.79 Å². The summed E-state index contributed by atoms with van der Waals surface area (Å²) in [5.74, 6) is 0.177. The fourth-order valence-electron chi connectivity index (χ4n) is 4.02. The number of carboxylic acids is 1.